The molecular formula is C91H120Cl2N2P2Pd2. The van der Waals surface area contributed by atoms with Crippen LogP contribution in [0, 0.1) is 12.1 Å². The van der Waals surface area contributed by atoms with Gasteiger partial charge in [-0.3, -0.25) is 0 Å². The van der Waals surface area contributed by atoms with Gasteiger partial charge in [-0.2, -0.15) is 0 Å². The second-order valence-electron chi connectivity index (χ2n) is 30.9. The van der Waals surface area contributed by atoms with Crippen LogP contribution >= 0.6 is 34.9 Å². The fourth-order valence-corrected chi connectivity index (χ4v) is 23.6. The van der Waals surface area contributed by atoms with Gasteiger partial charge in [-0.05, 0) is 205 Å². The van der Waals surface area contributed by atoms with E-state index in [-0.39, 0.29) is 21.3 Å². The van der Waals surface area contributed by atoms with E-state index in [1.54, 1.807) is 49.6 Å². The van der Waals surface area contributed by atoms with Crippen molar-refractivity contribution in [2.24, 2.45) is 0 Å². The van der Waals surface area contributed by atoms with E-state index in [4.69, 9.17) is 11.5 Å². The zero-order valence-corrected chi connectivity index (χ0v) is 68.9. The van der Waals surface area contributed by atoms with Crippen molar-refractivity contribution in [2.45, 2.75) is 276 Å². The molecule has 0 aliphatic heterocycles. The molecule has 4 saturated carbocycles. The first-order valence-electron chi connectivity index (χ1n) is 37.8. The number of nitrogens with two attached hydrogens (primary N) is 2. The molecule has 0 bridgehead atoms. The molecule has 4 fully saturated rings. The summed E-state index contributed by atoms with van der Waals surface area (Å²) < 4.78 is 0. The van der Waals surface area contributed by atoms with Gasteiger partial charge < -0.3 is 11.5 Å². The van der Waals surface area contributed by atoms with Crippen LogP contribution in [0.15, 0.2) is 170 Å². The molecule has 0 atom stereocenters. The minimum atomic E-state index is -0.137. The molecular weight excluding hydrogens is 1470 g/mol. The van der Waals surface area contributed by atoms with Crippen molar-refractivity contribution in [2.75, 3.05) is 11.5 Å². The Morgan fingerprint density at radius 2 is 0.727 bits per heavy atom. The van der Waals surface area contributed by atoms with Gasteiger partial charge >= 0.3 is 55.4 Å². The van der Waals surface area contributed by atoms with E-state index in [1.807, 2.05) is 97.1 Å². The van der Waals surface area contributed by atoms with Crippen LogP contribution in [-0.2, 0) is 41.8 Å². The molecule has 8 aromatic carbocycles. The molecule has 0 heterocycles. The van der Waals surface area contributed by atoms with Crippen molar-refractivity contribution in [1.29, 1.82) is 0 Å². The summed E-state index contributed by atoms with van der Waals surface area (Å²) in [6.07, 6.45) is 29.2. The molecule has 538 valence electrons. The van der Waals surface area contributed by atoms with Crippen molar-refractivity contribution in [3.8, 4) is 44.5 Å². The Kier molecular flexibility index (Phi) is 35.1. The summed E-state index contributed by atoms with van der Waals surface area (Å²) in [5, 5.41) is 3.45. The van der Waals surface area contributed by atoms with Gasteiger partial charge in [-0.1, -0.05) is 297 Å². The van der Waals surface area contributed by atoms with Gasteiger partial charge in [-0.15, -0.1) is 71.8 Å². The monoisotopic (exact) mass is 1580 g/mol. The van der Waals surface area contributed by atoms with Crippen molar-refractivity contribution in [1.82, 2.24) is 0 Å². The van der Waals surface area contributed by atoms with Gasteiger partial charge in [0.05, 0.1) is 0 Å². The van der Waals surface area contributed by atoms with Gasteiger partial charge in [0.2, 0.25) is 0 Å². The number of nitrogen functional groups attached to an aromatic ring is 2. The average Bonchev–Trinajstić information content (AvgIpc) is 0.763. The standard InChI is InChI=1S/C34H51P.C33H49P.2C12H10N.2ClH.2Pd/c1-24(2)26-22-30(25(3)4)33(31(23-26)34(5,6)7)29-20-14-15-21-32(29)35(27-16-10-8-11-17-27)28-18-12-9-13-19-28;1-23(2)27-21-31(24(3)4)33(32(22-27)25(5)6)26-14-13-19-30(20-26)34(28-15-9-7-10-16-28)29-17-11-8-12-18-29;2*13-12-9-5-4-8-11(12)10-6-2-1-3-7-10;;;;/h14-15,20-25,27-28H,8-13,16-19H2,1-7H3;13-14,19-25,28-29H,7-12,15-18H2,1-6H3;2*1-6,8-9H,13H2;2*1H;;/q;;2*-1;;;2*+2/p-2. The Labute approximate surface area is 635 Å². The van der Waals surface area contributed by atoms with Crippen molar-refractivity contribution in [3.63, 3.8) is 0 Å². The third-order valence-corrected chi connectivity index (χ3v) is 28.1. The first-order chi connectivity index (χ1) is 47.8. The van der Waals surface area contributed by atoms with Crippen LogP contribution in [0.3, 0.4) is 0 Å². The van der Waals surface area contributed by atoms with Gasteiger partial charge in [0.1, 0.15) is 0 Å². The number of benzene rings is 8. The predicted octanol–water partition coefficient (Wildman–Crippen LogP) is 28.0. The first kappa shape index (κ1) is 82.4. The molecule has 0 radical (unpaired) electrons. The maximum absolute atomic E-state index is 5.83. The number of halogens is 2. The van der Waals surface area contributed by atoms with Crippen LogP contribution < -0.4 is 22.1 Å². The van der Waals surface area contributed by atoms with E-state index in [2.05, 4.69) is 230 Å². The molecule has 2 nitrogen and oxygen atoms in total. The quantitative estimate of drug-likeness (QED) is 0.0465. The number of para-hydroxylation sites is 2. The van der Waals surface area contributed by atoms with Gasteiger partial charge in [0, 0.05) is 0 Å². The van der Waals surface area contributed by atoms with E-state index in [9.17, 15) is 0 Å². The van der Waals surface area contributed by atoms with Crippen LogP contribution in [-0.4, -0.2) is 22.6 Å². The molecule has 4 aliphatic carbocycles. The molecule has 0 amide bonds. The van der Waals surface area contributed by atoms with Gasteiger partial charge in [0.15, 0.2) is 0 Å². The van der Waals surface area contributed by atoms with E-state index in [0.717, 1.165) is 56.3 Å². The van der Waals surface area contributed by atoms with Crippen LogP contribution in [0.2, 0.25) is 0 Å². The summed E-state index contributed by atoms with van der Waals surface area (Å²) in [5.74, 6) is 2.72. The summed E-state index contributed by atoms with van der Waals surface area (Å²) in [6.45, 7) is 31.0. The molecule has 0 aromatic heterocycles. The predicted molar refractivity (Wildman–Crippen MR) is 435 cm³/mol. The second kappa shape index (κ2) is 42.2. The Bertz CT molecular complexity index is 3480. The van der Waals surface area contributed by atoms with Gasteiger partial charge in [-0.25, -0.2) is 0 Å². The third kappa shape index (κ3) is 23.3. The zero-order valence-electron chi connectivity index (χ0n) is 62.4. The van der Waals surface area contributed by atoms with E-state index in [0.29, 0.717) is 29.6 Å². The van der Waals surface area contributed by atoms with E-state index in [1.165, 1.54) is 145 Å². The maximum atomic E-state index is 5.83. The Morgan fingerprint density at radius 3 is 1.09 bits per heavy atom. The molecule has 0 spiro atoms. The number of hydrogen-bond acceptors (Lipinski definition) is 2. The molecule has 0 unspecified atom stereocenters. The summed E-state index contributed by atoms with van der Waals surface area (Å²) in [4.78, 5) is 0. The fraction of sp³-hybridized carbons (Fsp3) is 0.473. The van der Waals surface area contributed by atoms with E-state index >= 15 is 0 Å². The normalized spacial score (nSPS) is 15.7. The van der Waals surface area contributed by atoms with E-state index < -0.39 is 0 Å². The SMILES string of the molecule is CC(C)c1cc(C(C)C)c(-c2cccc(P(C3CCCCC3)C3CCCCC3)c2)c(C(C)C)c1.CC(C)c1cc(C(C)C)c(-c2ccccc2P(C2CCCCC2)C2CCCCC2)c(C(C)(C)C)c1.Nc1ccccc1-c1[c-]cccc1.Nc1ccccc1-c1[c-]cccc1.[Cl][Pd+].[Cl][Pd+]. The molecule has 4 aliphatic rings. The van der Waals surface area contributed by atoms with Crippen LogP contribution in [0.5, 0.6) is 0 Å². The van der Waals surface area contributed by atoms with Crippen LogP contribution in [0.1, 0.15) is 281 Å². The summed E-state index contributed by atoms with van der Waals surface area (Å²) in [6, 6.07) is 67.5. The Balaban J connectivity index is 0.000000198. The topological polar surface area (TPSA) is 52.0 Å². The van der Waals surface area contributed by atoms with Gasteiger partial charge in [0.25, 0.3) is 0 Å². The molecule has 0 saturated heterocycles. The number of rotatable bonds is 15. The Hall–Kier alpha value is -3.88. The summed E-state index contributed by atoms with van der Waals surface area (Å²) in [7, 11) is 8.78. The van der Waals surface area contributed by atoms with Crippen molar-refractivity contribution >= 4 is 56.9 Å². The molecule has 99 heavy (non-hydrogen) atoms. The first-order valence-corrected chi connectivity index (χ1v) is 44.8. The summed E-state index contributed by atoms with van der Waals surface area (Å²) in [5.41, 5.74) is 36.7. The third-order valence-electron chi connectivity index (χ3n) is 21.1. The van der Waals surface area contributed by atoms with Crippen molar-refractivity contribution < 1.29 is 36.4 Å². The molecule has 4 N–H and O–H groups in total. The Morgan fingerprint density at radius 1 is 0.374 bits per heavy atom. The van der Waals surface area contributed by atoms with Crippen molar-refractivity contribution in [3.05, 3.63) is 215 Å². The minimum absolute atomic E-state index is 0.0651. The molecule has 8 heteroatoms. The molecule has 8 aromatic rings. The fourth-order valence-electron chi connectivity index (χ4n) is 15.8. The van der Waals surface area contributed by atoms with Crippen LogP contribution in [0.4, 0.5) is 11.4 Å². The average molecular weight is 1590 g/mol. The number of hydrogen-bond donors (Lipinski definition) is 2. The summed E-state index contributed by atoms with van der Waals surface area (Å²) >= 11 is 4.44. The second-order valence-corrected chi connectivity index (χ2v) is 36.5. The van der Waals surface area contributed by atoms with Crippen LogP contribution in [0.25, 0.3) is 44.5 Å². The zero-order chi connectivity index (χ0) is 71.6. The number of anilines is 2. The molecule has 12 rings (SSSR count).